The Morgan fingerprint density at radius 2 is 2.12 bits per heavy atom. The van der Waals surface area contributed by atoms with Crippen molar-refractivity contribution in [1.29, 1.82) is 0 Å². The molecule has 25 heavy (non-hydrogen) atoms. The van der Waals surface area contributed by atoms with Crippen LogP contribution in [0.25, 0.3) is 16.9 Å². The zero-order chi connectivity index (χ0) is 15.9. The molecule has 0 N–H and O–H groups in total. The van der Waals surface area contributed by atoms with Gasteiger partial charge in [0.05, 0.1) is 23.0 Å². The quantitative estimate of drug-likeness (QED) is 0.494. The highest BCUT2D eigenvalue weighted by molar-refractivity contribution is 8.93. The number of rotatable bonds is 3. The zero-order valence-corrected chi connectivity index (χ0v) is 15.9. The summed E-state index contributed by atoms with van der Waals surface area (Å²) < 4.78 is 7.62. The van der Waals surface area contributed by atoms with Gasteiger partial charge in [-0.1, -0.05) is 6.07 Å². The predicted octanol–water partition coefficient (Wildman–Crippen LogP) is 4.56. The van der Waals surface area contributed by atoms with Crippen LogP contribution in [-0.4, -0.2) is 21.0 Å². The van der Waals surface area contributed by atoms with Gasteiger partial charge in [-0.25, -0.2) is 9.97 Å². The number of thiazole rings is 1. The molecular formula is C19H16BrN3OS. The Balaban J connectivity index is 0.00000157. The van der Waals surface area contributed by atoms with Crippen LogP contribution in [0.4, 0.5) is 0 Å². The van der Waals surface area contributed by atoms with Gasteiger partial charge in [-0.15, -0.1) is 28.3 Å². The average Bonchev–Trinajstić information content (AvgIpc) is 3.33. The van der Waals surface area contributed by atoms with Crippen LogP contribution < -0.4 is 4.74 Å². The van der Waals surface area contributed by atoms with Crippen LogP contribution in [0.2, 0.25) is 0 Å². The lowest BCUT2D eigenvalue weighted by atomic mass is 10.1. The molecule has 0 spiro atoms. The summed E-state index contributed by atoms with van der Waals surface area (Å²) in [6, 6.07) is 12.4. The maximum Gasteiger partial charge on any atom is 0.136 e. The van der Waals surface area contributed by atoms with Crippen LogP contribution in [0.15, 0.2) is 54.2 Å². The summed E-state index contributed by atoms with van der Waals surface area (Å²) in [5.74, 6) is 1.01. The maximum absolute atomic E-state index is 5.57. The van der Waals surface area contributed by atoms with Crippen molar-refractivity contribution in [2.75, 3.05) is 6.61 Å². The molecule has 1 aromatic carbocycles. The third-order valence-electron chi connectivity index (χ3n) is 4.28. The van der Waals surface area contributed by atoms with Gasteiger partial charge in [0.1, 0.15) is 11.4 Å². The Morgan fingerprint density at radius 1 is 1.16 bits per heavy atom. The van der Waals surface area contributed by atoms with Gasteiger partial charge in [0.2, 0.25) is 0 Å². The van der Waals surface area contributed by atoms with Gasteiger partial charge in [-0.3, -0.25) is 0 Å². The van der Waals surface area contributed by atoms with E-state index in [1.807, 2.05) is 28.8 Å². The maximum atomic E-state index is 5.57. The molecule has 0 atom stereocenters. The number of halogens is 1. The molecule has 0 radical (unpaired) electrons. The first kappa shape index (κ1) is 16.3. The first-order valence-corrected chi connectivity index (χ1v) is 8.86. The smallest absolute Gasteiger partial charge is 0.136 e. The molecule has 0 aliphatic carbocycles. The number of ether oxygens (including phenoxy) is 1. The van der Waals surface area contributed by atoms with Gasteiger partial charge >= 0.3 is 0 Å². The Morgan fingerprint density at radius 3 is 3.04 bits per heavy atom. The number of benzene rings is 1. The predicted molar refractivity (Wildman–Crippen MR) is 105 cm³/mol. The van der Waals surface area contributed by atoms with E-state index in [0.29, 0.717) is 0 Å². The molecule has 126 valence electrons. The van der Waals surface area contributed by atoms with E-state index in [1.54, 1.807) is 11.3 Å². The monoisotopic (exact) mass is 413 g/mol. The topological polar surface area (TPSA) is 39.4 Å². The minimum Gasteiger partial charge on any atom is -0.493 e. The lowest BCUT2D eigenvalue weighted by molar-refractivity contribution is 0.357. The van der Waals surface area contributed by atoms with Crippen molar-refractivity contribution < 1.29 is 4.74 Å². The lowest BCUT2D eigenvalue weighted by Gasteiger charge is -2.01. The molecule has 0 amide bonds. The van der Waals surface area contributed by atoms with Crippen molar-refractivity contribution in [3.05, 3.63) is 70.4 Å². The second-order valence-electron chi connectivity index (χ2n) is 5.92. The Hall–Kier alpha value is -2.18. The van der Waals surface area contributed by atoms with Crippen molar-refractivity contribution in [3.8, 4) is 17.0 Å². The molecule has 6 heteroatoms. The molecule has 0 bridgehead atoms. The summed E-state index contributed by atoms with van der Waals surface area (Å²) >= 11 is 1.69. The summed E-state index contributed by atoms with van der Waals surface area (Å²) in [7, 11) is 0. The van der Waals surface area contributed by atoms with E-state index in [9.17, 15) is 0 Å². The van der Waals surface area contributed by atoms with E-state index in [2.05, 4.69) is 34.8 Å². The van der Waals surface area contributed by atoms with E-state index >= 15 is 0 Å². The molecule has 0 fully saturated rings. The Labute approximate surface area is 159 Å². The number of fused-ring (bicyclic) bond motifs is 2. The number of aromatic nitrogens is 3. The number of hydrogen-bond donors (Lipinski definition) is 0. The van der Waals surface area contributed by atoms with Crippen LogP contribution in [0.1, 0.15) is 16.3 Å². The number of imidazole rings is 1. The first-order valence-electron chi connectivity index (χ1n) is 7.98. The number of nitrogens with zero attached hydrogens (tertiary/aromatic N) is 3. The van der Waals surface area contributed by atoms with Crippen molar-refractivity contribution in [2.45, 2.75) is 12.8 Å². The molecular weight excluding hydrogens is 398 g/mol. The third-order valence-corrected chi connectivity index (χ3v) is 5.13. The standard InChI is InChI=1S/C19H15N3OS.BrH/c1-2-7-22-11-15(20-18(22)3-1)10-19-21-16(12-24-19)13-4-5-17-14(9-13)6-8-23-17;/h1-5,7,9,11-12H,6,8,10H2;1H. The average molecular weight is 414 g/mol. The SMILES string of the molecule is Br.c1ccn2cc(Cc3nc(-c4ccc5c(c4)CCO5)cs3)nc2c1. The molecule has 4 aromatic rings. The minimum atomic E-state index is 0. The van der Waals surface area contributed by atoms with Crippen molar-refractivity contribution in [2.24, 2.45) is 0 Å². The molecule has 3 aromatic heterocycles. The second-order valence-corrected chi connectivity index (χ2v) is 6.87. The summed E-state index contributed by atoms with van der Waals surface area (Å²) in [5.41, 5.74) is 5.50. The highest BCUT2D eigenvalue weighted by Crippen LogP contribution is 2.31. The van der Waals surface area contributed by atoms with Crippen LogP contribution >= 0.6 is 28.3 Å². The molecule has 1 aliphatic heterocycles. The van der Waals surface area contributed by atoms with E-state index in [-0.39, 0.29) is 17.0 Å². The van der Waals surface area contributed by atoms with E-state index < -0.39 is 0 Å². The van der Waals surface area contributed by atoms with Crippen LogP contribution in [0.3, 0.4) is 0 Å². The molecule has 1 aliphatic rings. The van der Waals surface area contributed by atoms with Crippen molar-refractivity contribution in [1.82, 2.24) is 14.4 Å². The van der Waals surface area contributed by atoms with E-state index in [0.717, 1.165) is 52.8 Å². The highest BCUT2D eigenvalue weighted by atomic mass is 79.9. The zero-order valence-electron chi connectivity index (χ0n) is 13.4. The van der Waals surface area contributed by atoms with Gasteiger partial charge in [-0.2, -0.15) is 0 Å². The minimum absolute atomic E-state index is 0. The first-order chi connectivity index (χ1) is 11.8. The van der Waals surface area contributed by atoms with Crippen molar-refractivity contribution in [3.63, 3.8) is 0 Å². The summed E-state index contributed by atoms with van der Waals surface area (Å²) in [6.07, 6.45) is 5.84. The molecule has 0 unspecified atom stereocenters. The van der Waals surface area contributed by atoms with Gasteiger partial charge in [-0.05, 0) is 35.9 Å². The normalized spacial score (nSPS) is 12.6. The van der Waals surface area contributed by atoms with Gasteiger partial charge in [0.15, 0.2) is 0 Å². The molecule has 4 nitrogen and oxygen atoms in total. The van der Waals surface area contributed by atoms with Crippen LogP contribution in [0.5, 0.6) is 5.75 Å². The van der Waals surface area contributed by atoms with Crippen LogP contribution in [0, 0.1) is 0 Å². The molecule has 5 rings (SSSR count). The largest absolute Gasteiger partial charge is 0.493 e. The second kappa shape index (κ2) is 6.61. The molecule has 0 saturated heterocycles. The third kappa shape index (κ3) is 3.07. The molecule has 4 heterocycles. The fraction of sp³-hybridized carbons (Fsp3) is 0.158. The van der Waals surface area contributed by atoms with E-state index in [1.165, 1.54) is 5.56 Å². The summed E-state index contributed by atoms with van der Waals surface area (Å²) in [5, 5.41) is 3.22. The van der Waals surface area contributed by atoms with Crippen molar-refractivity contribution >= 4 is 34.0 Å². The summed E-state index contributed by atoms with van der Waals surface area (Å²) in [4.78, 5) is 9.45. The highest BCUT2D eigenvalue weighted by Gasteiger charge is 2.14. The Bertz CT molecular complexity index is 1010. The van der Waals surface area contributed by atoms with Gasteiger partial charge < -0.3 is 9.14 Å². The fourth-order valence-electron chi connectivity index (χ4n) is 3.10. The fourth-order valence-corrected chi connectivity index (χ4v) is 3.92. The Kier molecular flexibility index (Phi) is 4.31. The van der Waals surface area contributed by atoms with E-state index in [4.69, 9.17) is 9.72 Å². The lowest BCUT2D eigenvalue weighted by Crippen LogP contribution is -1.88. The van der Waals surface area contributed by atoms with Crippen LogP contribution in [-0.2, 0) is 12.8 Å². The number of hydrogen-bond acceptors (Lipinski definition) is 4. The number of pyridine rings is 1. The summed E-state index contributed by atoms with van der Waals surface area (Å²) in [6.45, 7) is 0.787. The molecule has 0 saturated carbocycles. The van der Waals surface area contributed by atoms with Gasteiger partial charge in [0, 0.05) is 36.2 Å². The van der Waals surface area contributed by atoms with Gasteiger partial charge in [0.25, 0.3) is 0 Å².